The van der Waals surface area contributed by atoms with E-state index >= 15 is 0 Å². The summed E-state index contributed by atoms with van der Waals surface area (Å²) in [7, 11) is 1.57. The molecule has 68 valence electrons. The van der Waals surface area contributed by atoms with Crippen LogP contribution in [0, 0.1) is 11.3 Å². The molecule has 0 radical (unpaired) electrons. The summed E-state index contributed by atoms with van der Waals surface area (Å²) in [6, 6.07) is 1.90. The van der Waals surface area contributed by atoms with Gasteiger partial charge in [-0.25, -0.2) is 4.98 Å². The molecule has 0 aliphatic carbocycles. The van der Waals surface area contributed by atoms with E-state index in [9.17, 15) is 4.79 Å². The number of hydrogen-bond acceptors (Lipinski definition) is 4. The minimum Gasteiger partial charge on any atom is -0.326 e. The van der Waals surface area contributed by atoms with Gasteiger partial charge in [0.2, 0.25) is 0 Å². The Kier molecular flexibility index (Phi) is 3.39. The van der Waals surface area contributed by atoms with Gasteiger partial charge in [-0.2, -0.15) is 5.26 Å². The maximum Gasteiger partial charge on any atom is 0.283 e. The fraction of sp³-hybridized carbons (Fsp3) is 0.286. The highest BCUT2D eigenvalue weighted by molar-refractivity contribution is 9.10. The number of amides is 1. The van der Waals surface area contributed by atoms with E-state index in [2.05, 4.69) is 20.9 Å². The fourth-order valence-corrected chi connectivity index (χ4v) is 1.94. The Bertz CT molecular complexity index is 357. The van der Waals surface area contributed by atoms with Crippen molar-refractivity contribution in [2.45, 2.75) is 0 Å². The van der Waals surface area contributed by atoms with Crippen LogP contribution in [0.25, 0.3) is 0 Å². The number of carbonyl (C=O) groups excluding carboxylic acids is 1. The first kappa shape index (κ1) is 10.2. The van der Waals surface area contributed by atoms with Gasteiger partial charge in [-0.3, -0.25) is 4.79 Å². The molecule has 1 aromatic rings. The SMILES string of the molecule is CN(CC#N)C(=O)c1nc(Br)cs1. The highest BCUT2D eigenvalue weighted by Gasteiger charge is 2.14. The lowest BCUT2D eigenvalue weighted by Crippen LogP contribution is -2.26. The number of halogens is 1. The second-order valence-corrected chi connectivity index (χ2v) is 3.97. The van der Waals surface area contributed by atoms with Gasteiger partial charge in [0.1, 0.15) is 11.1 Å². The molecular weight excluding hydrogens is 254 g/mol. The highest BCUT2D eigenvalue weighted by atomic mass is 79.9. The minimum atomic E-state index is -0.225. The molecule has 0 spiro atoms. The van der Waals surface area contributed by atoms with Gasteiger partial charge in [-0.1, -0.05) is 0 Å². The van der Waals surface area contributed by atoms with E-state index in [0.29, 0.717) is 9.61 Å². The molecule has 1 amide bonds. The molecule has 4 nitrogen and oxygen atoms in total. The quantitative estimate of drug-likeness (QED) is 0.757. The molecule has 0 fully saturated rings. The second kappa shape index (κ2) is 4.35. The number of nitrogens with zero attached hydrogens (tertiary/aromatic N) is 3. The summed E-state index contributed by atoms with van der Waals surface area (Å²) in [5.74, 6) is -0.225. The lowest BCUT2D eigenvalue weighted by atomic mass is 10.5. The lowest BCUT2D eigenvalue weighted by molar-refractivity contribution is 0.0811. The van der Waals surface area contributed by atoms with Crippen molar-refractivity contribution in [3.05, 3.63) is 15.0 Å². The van der Waals surface area contributed by atoms with Crippen molar-refractivity contribution in [1.29, 1.82) is 5.26 Å². The Labute approximate surface area is 87.9 Å². The van der Waals surface area contributed by atoms with Crippen LogP contribution in [0.4, 0.5) is 0 Å². The van der Waals surface area contributed by atoms with E-state index in [-0.39, 0.29) is 12.5 Å². The van der Waals surface area contributed by atoms with Crippen molar-refractivity contribution in [3.8, 4) is 6.07 Å². The van der Waals surface area contributed by atoms with Crippen molar-refractivity contribution in [3.63, 3.8) is 0 Å². The number of aromatic nitrogens is 1. The zero-order chi connectivity index (χ0) is 9.84. The van der Waals surface area contributed by atoms with E-state index in [1.54, 1.807) is 12.4 Å². The lowest BCUT2D eigenvalue weighted by Gasteiger charge is -2.09. The Morgan fingerprint density at radius 1 is 1.92 bits per heavy atom. The van der Waals surface area contributed by atoms with Gasteiger partial charge in [0.25, 0.3) is 5.91 Å². The largest absolute Gasteiger partial charge is 0.326 e. The molecule has 13 heavy (non-hydrogen) atoms. The molecule has 1 rings (SSSR count). The molecular formula is C7H6BrN3OS. The van der Waals surface area contributed by atoms with Crippen molar-refractivity contribution in [2.75, 3.05) is 13.6 Å². The van der Waals surface area contributed by atoms with Gasteiger partial charge in [-0.15, -0.1) is 11.3 Å². The van der Waals surface area contributed by atoms with Crippen LogP contribution in [-0.4, -0.2) is 29.4 Å². The van der Waals surface area contributed by atoms with Gasteiger partial charge in [0, 0.05) is 12.4 Å². The van der Waals surface area contributed by atoms with Crippen molar-refractivity contribution < 1.29 is 4.79 Å². The van der Waals surface area contributed by atoms with Gasteiger partial charge in [0.05, 0.1) is 6.07 Å². The Morgan fingerprint density at radius 2 is 2.62 bits per heavy atom. The minimum absolute atomic E-state index is 0.0794. The molecule has 0 aromatic carbocycles. The van der Waals surface area contributed by atoms with Crippen LogP contribution < -0.4 is 0 Å². The summed E-state index contributed by atoms with van der Waals surface area (Å²) in [4.78, 5) is 16.7. The molecule has 6 heteroatoms. The second-order valence-electron chi connectivity index (χ2n) is 2.29. The molecule has 0 aliphatic heterocycles. The van der Waals surface area contributed by atoms with E-state index in [4.69, 9.17) is 5.26 Å². The van der Waals surface area contributed by atoms with Crippen molar-refractivity contribution in [2.24, 2.45) is 0 Å². The van der Waals surface area contributed by atoms with E-state index in [1.165, 1.54) is 16.2 Å². The normalized spacial score (nSPS) is 9.31. The first-order chi connectivity index (χ1) is 6.15. The molecule has 0 unspecified atom stereocenters. The fourth-order valence-electron chi connectivity index (χ4n) is 0.694. The van der Waals surface area contributed by atoms with Crippen LogP contribution >= 0.6 is 27.3 Å². The monoisotopic (exact) mass is 259 g/mol. The maximum absolute atomic E-state index is 11.4. The molecule has 1 heterocycles. The topological polar surface area (TPSA) is 57.0 Å². The zero-order valence-electron chi connectivity index (χ0n) is 6.82. The average Bonchev–Trinajstić information content (AvgIpc) is 2.51. The summed E-state index contributed by atoms with van der Waals surface area (Å²) in [5.41, 5.74) is 0. The number of rotatable bonds is 2. The average molecular weight is 260 g/mol. The highest BCUT2D eigenvalue weighted by Crippen LogP contribution is 2.15. The van der Waals surface area contributed by atoms with E-state index < -0.39 is 0 Å². The van der Waals surface area contributed by atoms with Crippen LogP contribution in [0.5, 0.6) is 0 Å². The van der Waals surface area contributed by atoms with Crippen LogP contribution in [0.2, 0.25) is 0 Å². The molecule has 0 atom stereocenters. The third kappa shape index (κ3) is 2.50. The van der Waals surface area contributed by atoms with E-state index in [0.717, 1.165) is 0 Å². The number of thiazole rings is 1. The number of hydrogen-bond donors (Lipinski definition) is 0. The smallest absolute Gasteiger partial charge is 0.283 e. The Balaban J connectivity index is 2.74. The number of nitriles is 1. The molecule has 0 bridgehead atoms. The molecule has 0 saturated heterocycles. The van der Waals surface area contributed by atoms with Gasteiger partial charge in [-0.05, 0) is 15.9 Å². The van der Waals surface area contributed by atoms with Gasteiger partial charge >= 0.3 is 0 Å². The van der Waals surface area contributed by atoms with Crippen LogP contribution in [0.1, 0.15) is 9.80 Å². The third-order valence-electron chi connectivity index (χ3n) is 1.31. The standard InChI is InChI=1S/C7H6BrN3OS/c1-11(3-2-9)7(12)6-10-5(8)4-13-6/h4H,3H2,1H3. The maximum atomic E-state index is 11.4. The Morgan fingerprint density at radius 3 is 3.08 bits per heavy atom. The summed E-state index contributed by atoms with van der Waals surface area (Å²) in [6.45, 7) is 0.0794. The van der Waals surface area contributed by atoms with Crippen LogP contribution in [0.3, 0.4) is 0 Å². The van der Waals surface area contributed by atoms with Crippen LogP contribution in [0.15, 0.2) is 9.98 Å². The first-order valence-corrected chi connectivity index (χ1v) is 5.06. The predicted molar refractivity (Wildman–Crippen MR) is 52.4 cm³/mol. The Hall–Kier alpha value is -0.930. The van der Waals surface area contributed by atoms with Crippen molar-refractivity contribution >= 4 is 33.2 Å². The molecule has 1 aromatic heterocycles. The predicted octanol–water partition coefficient (Wildman–Crippen LogP) is 1.50. The number of carbonyl (C=O) groups is 1. The third-order valence-corrected chi connectivity index (χ3v) is 2.85. The zero-order valence-corrected chi connectivity index (χ0v) is 9.22. The molecule has 0 N–H and O–H groups in total. The summed E-state index contributed by atoms with van der Waals surface area (Å²) >= 11 is 4.41. The summed E-state index contributed by atoms with van der Waals surface area (Å²) in [6.07, 6.45) is 0. The first-order valence-electron chi connectivity index (χ1n) is 3.38. The van der Waals surface area contributed by atoms with Gasteiger partial charge < -0.3 is 4.90 Å². The summed E-state index contributed by atoms with van der Waals surface area (Å²) in [5, 5.41) is 10.5. The van der Waals surface area contributed by atoms with E-state index in [1.807, 2.05) is 6.07 Å². The molecule has 0 aliphatic rings. The van der Waals surface area contributed by atoms with Crippen LogP contribution in [-0.2, 0) is 0 Å². The van der Waals surface area contributed by atoms with Gasteiger partial charge in [0.15, 0.2) is 5.01 Å². The van der Waals surface area contributed by atoms with Crippen molar-refractivity contribution in [1.82, 2.24) is 9.88 Å². The summed E-state index contributed by atoms with van der Waals surface area (Å²) < 4.78 is 0.645. The molecule has 0 saturated carbocycles.